The van der Waals surface area contributed by atoms with Gasteiger partial charge in [0.2, 0.25) is 0 Å². The average Bonchev–Trinajstić information content (AvgIpc) is 2.44. The predicted molar refractivity (Wildman–Crippen MR) is 78.9 cm³/mol. The standard InChI is InChI=1S/C15H22FN3O2/c1-4-6-17-13-12(16)11(5-7-18-13)14(20)19-8-9-21-15(2,3)10-19/h5,7H,4,6,8-10H2,1-3H3,(H,17,18). The van der Waals surface area contributed by atoms with Crippen LogP contribution in [0.15, 0.2) is 12.3 Å². The van der Waals surface area contributed by atoms with Crippen LogP contribution in [0.2, 0.25) is 0 Å². The number of aromatic nitrogens is 1. The highest BCUT2D eigenvalue weighted by atomic mass is 19.1. The van der Waals surface area contributed by atoms with Crippen molar-refractivity contribution in [1.82, 2.24) is 9.88 Å². The number of ether oxygens (including phenoxy) is 1. The van der Waals surface area contributed by atoms with Gasteiger partial charge >= 0.3 is 0 Å². The molecule has 0 aromatic carbocycles. The van der Waals surface area contributed by atoms with E-state index in [0.717, 1.165) is 6.42 Å². The van der Waals surface area contributed by atoms with Crippen LogP contribution in [0.4, 0.5) is 10.2 Å². The van der Waals surface area contributed by atoms with Gasteiger partial charge in [-0.1, -0.05) is 6.92 Å². The summed E-state index contributed by atoms with van der Waals surface area (Å²) in [7, 11) is 0. The van der Waals surface area contributed by atoms with Crippen molar-refractivity contribution in [1.29, 1.82) is 0 Å². The second kappa shape index (κ2) is 6.39. The van der Waals surface area contributed by atoms with Crippen LogP contribution < -0.4 is 5.32 Å². The fourth-order valence-corrected chi connectivity index (χ4v) is 2.34. The molecule has 1 fully saturated rings. The number of anilines is 1. The molecule has 2 rings (SSSR count). The van der Waals surface area contributed by atoms with E-state index in [1.165, 1.54) is 12.3 Å². The van der Waals surface area contributed by atoms with Gasteiger partial charge in [0.25, 0.3) is 5.91 Å². The number of nitrogens with one attached hydrogen (secondary N) is 1. The number of hydrogen-bond acceptors (Lipinski definition) is 4. The Morgan fingerprint density at radius 2 is 2.33 bits per heavy atom. The lowest BCUT2D eigenvalue weighted by Gasteiger charge is -2.38. The van der Waals surface area contributed by atoms with E-state index < -0.39 is 11.4 Å². The zero-order valence-corrected chi connectivity index (χ0v) is 12.8. The lowest BCUT2D eigenvalue weighted by molar-refractivity contribution is -0.0764. The number of carbonyl (C=O) groups is 1. The number of rotatable bonds is 4. The maximum Gasteiger partial charge on any atom is 0.257 e. The maximum atomic E-state index is 14.4. The number of amides is 1. The highest BCUT2D eigenvalue weighted by molar-refractivity contribution is 5.95. The van der Waals surface area contributed by atoms with Gasteiger partial charge in [-0.3, -0.25) is 4.79 Å². The third kappa shape index (κ3) is 3.69. The maximum absolute atomic E-state index is 14.4. The quantitative estimate of drug-likeness (QED) is 0.926. The monoisotopic (exact) mass is 295 g/mol. The van der Waals surface area contributed by atoms with E-state index in [4.69, 9.17) is 4.74 Å². The lowest BCUT2D eigenvalue weighted by atomic mass is 10.1. The van der Waals surface area contributed by atoms with Crippen molar-refractivity contribution in [3.63, 3.8) is 0 Å². The molecule has 0 saturated carbocycles. The predicted octanol–water partition coefficient (Wildman–Crippen LogP) is 2.29. The second-order valence-electron chi connectivity index (χ2n) is 5.78. The second-order valence-corrected chi connectivity index (χ2v) is 5.78. The molecule has 1 aromatic rings. The van der Waals surface area contributed by atoms with Gasteiger partial charge in [-0.25, -0.2) is 9.37 Å². The number of nitrogens with zero attached hydrogens (tertiary/aromatic N) is 2. The topological polar surface area (TPSA) is 54.5 Å². The molecular formula is C15H22FN3O2. The third-order valence-electron chi connectivity index (χ3n) is 3.37. The van der Waals surface area contributed by atoms with Crippen molar-refractivity contribution in [3.05, 3.63) is 23.6 Å². The van der Waals surface area contributed by atoms with Crippen LogP contribution in [0.5, 0.6) is 0 Å². The summed E-state index contributed by atoms with van der Waals surface area (Å²) < 4.78 is 20.0. The van der Waals surface area contributed by atoms with Crippen molar-refractivity contribution in [2.45, 2.75) is 32.8 Å². The van der Waals surface area contributed by atoms with Gasteiger partial charge in [-0.15, -0.1) is 0 Å². The van der Waals surface area contributed by atoms with E-state index in [0.29, 0.717) is 26.2 Å². The Labute approximate surface area is 124 Å². The molecule has 1 amide bonds. The van der Waals surface area contributed by atoms with Gasteiger partial charge in [-0.05, 0) is 26.3 Å². The van der Waals surface area contributed by atoms with Crippen molar-refractivity contribution < 1.29 is 13.9 Å². The number of morpholine rings is 1. The lowest BCUT2D eigenvalue weighted by Crippen LogP contribution is -2.50. The Morgan fingerprint density at radius 3 is 3.00 bits per heavy atom. The van der Waals surface area contributed by atoms with Gasteiger partial charge in [0, 0.05) is 25.8 Å². The van der Waals surface area contributed by atoms with Crippen LogP contribution in [0, 0.1) is 5.82 Å². The SMILES string of the molecule is CCCNc1nccc(C(=O)N2CCOC(C)(C)C2)c1F. The van der Waals surface area contributed by atoms with Crippen LogP contribution in [0.25, 0.3) is 0 Å². The molecule has 1 aliphatic heterocycles. The number of halogens is 1. The van der Waals surface area contributed by atoms with Crippen molar-refractivity contribution in [2.75, 3.05) is 31.6 Å². The summed E-state index contributed by atoms with van der Waals surface area (Å²) in [6.07, 6.45) is 2.32. The molecule has 0 atom stereocenters. The third-order valence-corrected chi connectivity index (χ3v) is 3.37. The van der Waals surface area contributed by atoms with Crippen molar-refractivity contribution >= 4 is 11.7 Å². The molecule has 1 aromatic heterocycles. The Kier molecular flexibility index (Phi) is 4.77. The van der Waals surface area contributed by atoms with Gasteiger partial charge in [0.1, 0.15) is 0 Å². The molecule has 21 heavy (non-hydrogen) atoms. The van der Waals surface area contributed by atoms with Crippen LogP contribution in [-0.4, -0.2) is 47.6 Å². The molecule has 0 bridgehead atoms. The first-order valence-corrected chi connectivity index (χ1v) is 7.26. The first kappa shape index (κ1) is 15.7. The minimum atomic E-state index is -0.583. The minimum Gasteiger partial charge on any atom is -0.372 e. The number of pyridine rings is 1. The summed E-state index contributed by atoms with van der Waals surface area (Å²) in [5, 5.41) is 2.90. The molecule has 5 nitrogen and oxygen atoms in total. The van der Waals surface area contributed by atoms with Crippen molar-refractivity contribution in [2.24, 2.45) is 0 Å². The Bertz CT molecular complexity index is 520. The Balaban J connectivity index is 2.19. The summed E-state index contributed by atoms with van der Waals surface area (Å²) in [5.41, 5.74) is -0.345. The first-order valence-electron chi connectivity index (χ1n) is 7.26. The van der Waals surface area contributed by atoms with E-state index in [2.05, 4.69) is 10.3 Å². The molecule has 0 unspecified atom stereocenters. The summed E-state index contributed by atoms with van der Waals surface area (Å²) in [4.78, 5) is 18.1. The van der Waals surface area contributed by atoms with Crippen LogP contribution >= 0.6 is 0 Å². The van der Waals surface area contributed by atoms with Crippen molar-refractivity contribution in [3.8, 4) is 0 Å². The molecule has 0 spiro atoms. The van der Waals surface area contributed by atoms with Crippen LogP contribution in [0.3, 0.4) is 0 Å². The Hall–Kier alpha value is -1.69. The van der Waals surface area contributed by atoms with E-state index in [1.54, 1.807) is 4.90 Å². The fraction of sp³-hybridized carbons (Fsp3) is 0.600. The highest BCUT2D eigenvalue weighted by Crippen LogP contribution is 2.21. The summed E-state index contributed by atoms with van der Waals surface area (Å²) in [6, 6.07) is 1.43. The number of carbonyl (C=O) groups excluding carboxylic acids is 1. The van der Waals surface area contributed by atoms with Gasteiger partial charge in [0.05, 0.1) is 17.8 Å². The van der Waals surface area contributed by atoms with Gasteiger partial charge in [-0.2, -0.15) is 0 Å². The smallest absolute Gasteiger partial charge is 0.257 e. The minimum absolute atomic E-state index is 0.0568. The van der Waals surface area contributed by atoms with Gasteiger partial charge in [0.15, 0.2) is 11.6 Å². The molecule has 2 heterocycles. The molecule has 1 saturated heterocycles. The zero-order valence-electron chi connectivity index (χ0n) is 12.8. The Morgan fingerprint density at radius 1 is 1.57 bits per heavy atom. The largest absolute Gasteiger partial charge is 0.372 e. The molecule has 0 aliphatic carbocycles. The molecule has 1 aliphatic rings. The van der Waals surface area contributed by atoms with E-state index >= 15 is 0 Å². The number of hydrogen-bond donors (Lipinski definition) is 1. The highest BCUT2D eigenvalue weighted by Gasteiger charge is 2.31. The van der Waals surface area contributed by atoms with Crippen LogP contribution in [-0.2, 0) is 4.74 Å². The molecule has 1 N–H and O–H groups in total. The molecule has 0 radical (unpaired) electrons. The fourth-order valence-electron chi connectivity index (χ4n) is 2.34. The molecule has 116 valence electrons. The average molecular weight is 295 g/mol. The van der Waals surface area contributed by atoms with E-state index in [9.17, 15) is 9.18 Å². The molecule has 6 heteroatoms. The van der Waals surface area contributed by atoms with E-state index in [1.807, 2.05) is 20.8 Å². The van der Waals surface area contributed by atoms with E-state index in [-0.39, 0.29) is 17.3 Å². The summed E-state index contributed by atoms with van der Waals surface area (Å²) in [5.74, 6) is -0.763. The van der Waals surface area contributed by atoms with Crippen LogP contribution in [0.1, 0.15) is 37.6 Å². The normalized spacial score (nSPS) is 17.6. The summed E-state index contributed by atoms with van der Waals surface area (Å²) in [6.45, 7) is 7.83. The molecular weight excluding hydrogens is 273 g/mol. The summed E-state index contributed by atoms with van der Waals surface area (Å²) >= 11 is 0. The zero-order chi connectivity index (χ0) is 15.5. The first-order chi connectivity index (χ1) is 9.94. The van der Waals surface area contributed by atoms with Gasteiger partial charge < -0.3 is 15.0 Å².